The molecule has 0 fully saturated rings. The van der Waals surface area contributed by atoms with Crippen LogP contribution in [0, 0.1) is 0 Å². The highest BCUT2D eigenvalue weighted by molar-refractivity contribution is 5.18. The maximum absolute atomic E-state index is 5.40. The molecule has 0 aliphatic carbocycles. The minimum absolute atomic E-state index is 0.646. The molecular weight excluding hydrogens is 110 g/mol. The molecule has 9 heavy (non-hydrogen) atoms. The van der Waals surface area contributed by atoms with Gasteiger partial charge in [0, 0.05) is 6.54 Å². The fourth-order valence-corrected chi connectivity index (χ4v) is 0.551. The zero-order valence-electron chi connectivity index (χ0n) is 6.22. The molecule has 1 nitrogen and oxygen atoms in total. The van der Waals surface area contributed by atoms with E-state index in [0.717, 1.165) is 6.42 Å². The highest BCUT2D eigenvalue weighted by Crippen LogP contribution is 1.93. The van der Waals surface area contributed by atoms with Gasteiger partial charge in [-0.1, -0.05) is 25.2 Å². The molecule has 0 spiro atoms. The van der Waals surface area contributed by atoms with Gasteiger partial charge in [0.05, 0.1) is 0 Å². The summed E-state index contributed by atoms with van der Waals surface area (Å²) in [6.45, 7) is 4.76. The molecular formula is C8H15N. The van der Waals surface area contributed by atoms with Gasteiger partial charge in [0.25, 0.3) is 0 Å². The SMILES string of the molecule is C/C=C(/C=C\CC)CN. The van der Waals surface area contributed by atoms with Gasteiger partial charge in [-0.15, -0.1) is 0 Å². The predicted molar refractivity (Wildman–Crippen MR) is 42.2 cm³/mol. The Morgan fingerprint density at radius 2 is 2.22 bits per heavy atom. The topological polar surface area (TPSA) is 26.0 Å². The zero-order chi connectivity index (χ0) is 7.11. The molecule has 0 bridgehead atoms. The standard InChI is InChI=1S/C8H15N/c1-3-5-6-8(4-2)7-9/h4-6H,3,7,9H2,1-2H3/b6-5-,8-4-. The van der Waals surface area contributed by atoms with Crippen LogP contribution in [-0.2, 0) is 0 Å². The van der Waals surface area contributed by atoms with E-state index in [0.29, 0.717) is 6.54 Å². The first kappa shape index (κ1) is 8.44. The van der Waals surface area contributed by atoms with Crippen molar-refractivity contribution in [2.75, 3.05) is 6.54 Å². The van der Waals surface area contributed by atoms with Crippen LogP contribution in [0.25, 0.3) is 0 Å². The van der Waals surface area contributed by atoms with Crippen molar-refractivity contribution in [1.82, 2.24) is 0 Å². The molecule has 0 atom stereocenters. The fourth-order valence-electron chi connectivity index (χ4n) is 0.551. The van der Waals surface area contributed by atoms with Crippen LogP contribution < -0.4 is 5.73 Å². The molecule has 0 radical (unpaired) electrons. The van der Waals surface area contributed by atoms with Crippen LogP contribution in [-0.4, -0.2) is 6.54 Å². The van der Waals surface area contributed by atoms with Crippen molar-refractivity contribution in [3.05, 3.63) is 23.8 Å². The first-order valence-corrected chi connectivity index (χ1v) is 3.37. The van der Waals surface area contributed by atoms with Gasteiger partial charge < -0.3 is 5.73 Å². The normalized spacial score (nSPS) is 13.0. The summed E-state index contributed by atoms with van der Waals surface area (Å²) < 4.78 is 0. The Kier molecular flexibility index (Phi) is 5.23. The lowest BCUT2D eigenvalue weighted by atomic mass is 10.2. The average molecular weight is 125 g/mol. The summed E-state index contributed by atoms with van der Waals surface area (Å²) in [7, 11) is 0. The summed E-state index contributed by atoms with van der Waals surface area (Å²) in [6, 6.07) is 0. The molecule has 0 saturated carbocycles. The summed E-state index contributed by atoms with van der Waals surface area (Å²) in [5.74, 6) is 0. The number of rotatable bonds is 3. The van der Waals surface area contributed by atoms with Crippen molar-refractivity contribution >= 4 is 0 Å². The Bertz CT molecular complexity index is 112. The first-order chi connectivity index (χ1) is 4.35. The largest absolute Gasteiger partial charge is 0.327 e. The van der Waals surface area contributed by atoms with Crippen molar-refractivity contribution in [3.8, 4) is 0 Å². The summed E-state index contributed by atoms with van der Waals surface area (Å²) in [6.07, 6.45) is 7.30. The molecule has 0 rings (SSSR count). The van der Waals surface area contributed by atoms with E-state index in [1.807, 2.05) is 13.0 Å². The van der Waals surface area contributed by atoms with Gasteiger partial charge in [-0.3, -0.25) is 0 Å². The van der Waals surface area contributed by atoms with Crippen molar-refractivity contribution in [3.63, 3.8) is 0 Å². The van der Waals surface area contributed by atoms with Gasteiger partial charge in [0.2, 0.25) is 0 Å². The Morgan fingerprint density at radius 3 is 2.56 bits per heavy atom. The van der Waals surface area contributed by atoms with Gasteiger partial charge in [0.15, 0.2) is 0 Å². The van der Waals surface area contributed by atoms with E-state index in [4.69, 9.17) is 5.73 Å². The number of hydrogen-bond donors (Lipinski definition) is 1. The van der Waals surface area contributed by atoms with Crippen LogP contribution in [0.2, 0.25) is 0 Å². The fraction of sp³-hybridized carbons (Fsp3) is 0.500. The molecule has 0 aliphatic rings. The van der Waals surface area contributed by atoms with Gasteiger partial charge in [-0.05, 0) is 18.9 Å². The molecule has 0 heterocycles. The predicted octanol–water partition coefficient (Wildman–Crippen LogP) is 1.86. The van der Waals surface area contributed by atoms with Crippen LogP contribution in [0.5, 0.6) is 0 Å². The number of nitrogens with two attached hydrogens (primary N) is 1. The molecule has 0 amide bonds. The number of allylic oxidation sites excluding steroid dienone is 2. The second-order valence-corrected chi connectivity index (χ2v) is 1.88. The number of hydrogen-bond acceptors (Lipinski definition) is 1. The Hall–Kier alpha value is -0.560. The van der Waals surface area contributed by atoms with E-state index < -0.39 is 0 Å². The average Bonchev–Trinajstić information content (AvgIpc) is 1.91. The monoisotopic (exact) mass is 125 g/mol. The van der Waals surface area contributed by atoms with Gasteiger partial charge >= 0.3 is 0 Å². The Morgan fingerprint density at radius 1 is 1.56 bits per heavy atom. The molecule has 52 valence electrons. The van der Waals surface area contributed by atoms with Crippen LogP contribution in [0.3, 0.4) is 0 Å². The smallest absolute Gasteiger partial charge is 0.0174 e. The summed E-state index contributed by atoms with van der Waals surface area (Å²) in [5.41, 5.74) is 6.61. The maximum Gasteiger partial charge on any atom is 0.0174 e. The van der Waals surface area contributed by atoms with Crippen LogP contribution in [0.1, 0.15) is 20.3 Å². The lowest BCUT2D eigenvalue weighted by Gasteiger charge is -1.91. The first-order valence-electron chi connectivity index (χ1n) is 3.37. The van der Waals surface area contributed by atoms with E-state index in [9.17, 15) is 0 Å². The maximum atomic E-state index is 5.40. The molecule has 1 heteroatoms. The van der Waals surface area contributed by atoms with Crippen LogP contribution >= 0.6 is 0 Å². The van der Waals surface area contributed by atoms with Crippen molar-refractivity contribution < 1.29 is 0 Å². The Labute approximate surface area is 57.3 Å². The minimum atomic E-state index is 0.646. The summed E-state index contributed by atoms with van der Waals surface area (Å²) in [4.78, 5) is 0. The second-order valence-electron chi connectivity index (χ2n) is 1.88. The Balaban J connectivity index is 3.70. The molecule has 0 unspecified atom stereocenters. The van der Waals surface area contributed by atoms with Gasteiger partial charge in [0.1, 0.15) is 0 Å². The lowest BCUT2D eigenvalue weighted by Crippen LogP contribution is -1.99. The quantitative estimate of drug-likeness (QED) is 0.572. The van der Waals surface area contributed by atoms with E-state index in [-0.39, 0.29) is 0 Å². The second kappa shape index (κ2) is 5.57. The molecule has 0 aromatic carbocycles. The van der Waals surface area contributed by atoms with Gasteiger partial charge in [-0.2, -0.15) is 0 Å². The lowest BCUT2D eigenvalue weighted by molar-refractivity contribution is 1.16. The zero-order valence-corrected chi connectivity index (χ0v) is 6.22. The van der Waals surface area contributed by atoms with Crippen molar-refractivity contribution in [1.29, 1.82) is 0 Å². The molecule has 0 aromatic heterocycles. The van der Waals surface area contributed by atoms with E-state index in [1.165, 1.54) is 5.57 Å². The van der Waals surface area contributed by atoms with Crippen molar-refractivity contribution in [2.45, 2.75) is 20.3 Å². The molecule has 0 aromatic rings. The highest BCUT2D eigenvalue weighted by atomic mass is 14.5. The van der Waals surface area contributed by atoms with E-state index in [1.54, 1.807) is 0 Å². The molecule has 0 aliphatic heterocycles. The van der Waals surface area contributed by atoms with Gasteiger partial charge in [-0.25, -0.2) is 0 Å². The molecule has 2 N–H and O–H groups in total. The van der Waals surface area contributed by atoms with E-state index in [2.05, 4.69) is 19.1 Å². The minimum Gasteiger partial charge on any atom is -0.327 e. The summed E-state index contributed by atoms with van der Waals surface area (Å²) in [5, 5.41) is 0. The van der Waals surface area contributed by atoms with E-state index >= 15 is 0 Å². The van der Waals surface area contributed by atoms with Crippen molar-refractivity contribution in [2.24, 2.45) is 5.73 Å². The third kappa shape index (κ3) is 3.98. The van der Waals surface area contributed by atoms with Crippen LogP contribution in [0.15, 0.2) is 23.8 Å². The highest BCUT2D eigenvalue weighted by Gasteiger charge is 1.81. The third-order valence-corrected chi connectivity index (χ3v) is 1.17. The molecule has 0 saturated heterocycles. The summed E-state index contributed by atoms with van der Waals surface area (Å²) >= 11 is 0. The van der Waals surface area contributed by atoms with Crippen LogP contribution in [0.4, 0.5) is 0 Å². The third-order valence-electron chi connectivity index (χ3n) is 1.17.